The van der Waals surface area contributed by atoms with Crippen LogP contribution in [0.3, 0.4) is 0 Å². The van der Waals surface area contributed by atoms with Crippen LogP contribution in [0.25, 0.3) is 194 Å². The largest absolute Gasteiger partial charge is 0.494 e. The van der Waals surface area contributed by atoms with Gasteiger partial charge in [-0.1, -0.05) is 237 Å². The Morgan fingerprint density at radius 2 is 0.750 bits per heavy atom. The smallest absolute Gasteiger partial charge is 0.437 e. The van der Waals surface area contributed by atoms with Gasteiger partial charge in [-0.2, -0.15) is 15.0 Å². The molecule has 0 aliphatic carbocycles. The molecule has 0 radical (unpaired) electrons. The maximum atomic E-state index is 6.54. The second-order valence-corrected chi connectivity index (χ2v) is 30.3. The number of hydrogen-bond acceptors (Lipinski definition) is 10. The third kappa shape index (κ3) is 9.21. The lowest BCUT2D eigenvalue weighted by Gasteiger charge is -2.32. The molecule has 1 saturated heterocycles. The molecule has 23 rings (SSSR count). The summed E-state index contributed by atoms with van der Waals surface area (Å²) >= 11 is 10.3. The summed E-state index contributed by atoms with van der Waals surface area (Å²) in [6, 6.07) is 97.9. The Morgan fingerprint density at radius 3 is 1.28 bits per heavy atom. The van der Waals surface area contributed by atoms with Crippen LogP contribution in [0, 0.1) is 0 Å². The number of hydrogen-bond donors (Lipinski definition) is 0. The van der Waals surface area contributed by atoms with Crippen molar-refractivity contribution in [1.82, 2.24) is 29.1 Å². The third-order valence-electron chi connectivity index (χ3n) is 21.4. The first-order chi connectivity index (χ1) is 51.0. The molecule has 0 bridgehead atoms. The Balaban J connectivity index is 0.000000110. The summed E-state index contributed by atoms with van der Waals surface area (Å²) in [5.41, 5.74) is 8.51. The predicted molar refractivity (Wildman–Crippen MR) is 436 cm³/mol. The van der Waals surface area contributed by atoms with Gasteiger partial charge in [-0.25, -0.2) is 4.98 Å². The van der Waals surface area contributed by atoms with Crippen LogP contribution < -0.4 is 5.46 Å². The normalized spacial score (nSPS) is 13.9. The molecule has 0 atom stereocenters. The lowest BCUT2D eigenvalue weighted by molar-refractivity contribution is 0.00578. The molecule has 0 N–H and O–H groups in total. The van der Waals surface area contributed by atoms with Gasteiger partial charge in [-0.3, -0.25) is 9.13 Å². The van der Waals surface area contributed by atoms with E-state index in [1.165, 1.54) is 99.6 Å². The Labute approximate surface area is 607 Å². The molecule has 0 spiro atoms. The monoisotopic (exact) mass is 1400 g/mol. The van der Waals surface area contributed by atoms with Gasteiger partial charge in [0.15, 0.2) is 17.5 Å². The first kappa shape index (κ1) is 60.9. The molecule has 1 fully saturated rings. The van der Waals surface area contributed by atoms with Crippen molar-refractivity contribution in [3.8, 4) is 23.0 Å². The fraction of sp³-hybridized carbons (Fsp3) is 0.0667. The molecule has 104 heavy (non-hydrogen) atoms. The summed E-state index contributed by atoms with van der Waals surface area (Å²) in [6.45, 7) is 8.31. The van der Waals surface area contributed by atoms with Crippen molar-refractivity contribution in [2.75, 3.05) is 0 Å². The zero-order valence-electron chi connectivity index (χ0n) is 56.6. The van der Waals surface area contributed by atoms with Gasteiger partial charge in [-0.05, 0) is 120 Å². The van der Waals surface area contributed by atoms with Gasteiger partial charge in [0.25, 0.3) is 0 Å². The number of halogens is 1. The van der Waals surface area contributed by atoms with E-state index in [0.717, 1.165) is 82.8 Å². The van der Waals surface area contributed by atoms with Crippen LogP contribution in [0.4, 0.5) is 0 Å². The molecule has 1 aliphatic rings. The maximum Gasteiger partial charge on any atom is 0.494 e. The maximum absolute atomic E-state index is 6.54. The average Bonchev–Trinajstić information content (AvgIpc) is 1.53. The average molecular weight is 1400 g/mol. The third-order valence-corrected chi connectivity index (χ3v) is 24.0. The van der Waals surface area contributed by atoms with E-state index in [9.17, 15) is 0 Å². The van der Waals surface area contributed by atoms with Gasteiger partial charge in [0.2, 0.25) is 16.7 Å². The number of thiophene rings is 2. The number of benzene rings is 14. The molecule has 14 heteroatoms. The van der Waals surface area contributed by atoms with E-state index in [-0.39, 0.29) is 23.6 Å². The van der Waals surface area contributed by atoms with E-state index >= 15 is 0 Å². The zero-order valence-corrected chi connectivity index (χ0v) is 59.0. The fourth-order valence-electron chi connectivity index (χ4n) is 16.0. The molecule has 0 amide bonds. The number of para-hydroxylation sites is 4. The lowest BCUT2D eigenvalue weighted by atomic mass is 9.78. The molecular formula is C90H58BClN6O4S2. The fourth-order valence-corrected chi connectivity index (χ4v) is 18.7. The Hall–Kier alpha value is -11.8. The van der Waals surface area contributed by atoms with Crippen LogP contribution in [-0.2, 0) is 9.31 Å². The van der Waals surface area contributed by atoms with Gasteiger partial charge < -0.3 is 18.1 Å². The van der Waals surface area contributed by atoms with Crippen molar-refractivity contribution in [3.63, 3.8) is 0 Å². The summed E-state index contributed by atoms with van der Waals surface area (Å²) in [5.74, 6) is 2.18. The predicted octanol–water partition coefficient (Wildman–Crippen LogP) is 24.6. The minimum Gasteiger partial charge on any atom is -0.437 e. The van der Waals surface area contributed by atoms with E-state index in [2.05, 4.69) is 291 Å². The van der Waals surface area contributed by atoms with E-state index < -0.39 is 0 Å². The molecule has 494 valence electrons. The van der Waals surface area contributed by atoms with Crippen LogP contribution in [0.2, 0.25) is 5.28 Å². The van der Waals surface area contributed by atoms with E-state index in [0.29, 0.717) is 17.3 Å². The van der Waals surface area contributed by atoms with Crippen LogP contribution in [0.1, 0.15) is 27.7 Å². The molecule has 9 heterocycles. The standard InChI is InChI=1S/C42H23N3OS.C32H16ClN3OS.C16H19BO2/c1-2-12-25-23-26(22-21-24(25)11-1)40-43-41(37-30-16-6-9-19-33(30)46-42(37)44-40)45-32-18-8-5-15-29(32)36-38(45)28-14-4-3-13-27(28)35-31-17-7-10-20-34(31)47-39(35)36;33-32-34-30(27-20-12-4-7-15-23(20)37-31(27)35-32)36-22-14-6-3-11-19(22)26-28(36)18-10-2-1-9-17(18)25-21-13-5-8-16-24(21)38-29(25)26;1-15(2)16(3,4)19-17(18-15)14-10-9-12-7-5-6-8-13(12)11-14/h1-23H;1-16H;5-11H,1-4H3. The van der Waals surface area contributed by atoms with Gasteiger partial charge in [-0.15, -0.1) is 22.7 Å². The van der Waals surface area contributed by atoms with Gasteiger partial charge in [0, 0.05) is 89.0 Å². The number of nitrogens with zero attached hydrogens (tertiary/aromatic N) is 6. The number of rotatable bonds is 4. The van der Waals surface area contributed by atoms with E-state index in [1.807, 2.05) is 53.0 Å². The summed E-state index contributed by atoms with van der Waals surface area (Å²) in [7, 11) is -0.283. The topological polar surface area (TPSA) is 106 Å². The van der Waals surface area contributed by atoms with Crippen molar-refractivity contribution >= 4 is 218 Å². The van der Waals surface area contributed by atoms with Crippen LogP contribution >= 0.6 is 34.3 Å². The molecule has 0 saturated carbocycles. The molecule has 1 aliphatic heterocycles. The van der Waals surface area contributed by atoms with Crippen molar-refractivity contribution in [3.05, 3.63) is 284 Å². The molecule has 0 unspecified atom stereocenters. The highest BCUT2D eigenvalue weighted by molar-refractivity contribution is 7.27. The molecule has 22 aromatic rings. The zero-order chi connectivity index (χ0) is 69.3. The summed E-state index contributed by atoms with van der Waals surface area (Å²) < 4.78 is 34.6. The Bertz CT molecular complexity index is 7370. The molecule has 8 aromatic heterocycles. The molecule has 14 aromatic carbocycles. The van der Waals surface area contributed by atoms with Crippen molar-refractivity contribution in [1.29, 1.82) is 0 Å². The van der Waals surface area contributed by atoms with Crippen LogP contribution in [0.15, 0.2) is 288 Å². The van der Waals surface area contributed by atoms with Gasteiger partial charge in [0.05, 0.1) is 44.0 Å². The lowest BCUT2D eigenvalue weighted by Crippen LogP contribution is -2.41. The first-order valence-corrected chi connectivity index (χ1v) is 36.9. The molecule has 10 nitrogen and oxygen atoms in total. The minimum absolute atomic E-state index is 0.157. The van der Waals surface area contributed by atoms with E-state index in [4.69, 9.17) is 44.7 Å². The SMILES string of the molecule is CC1(C)OB(c2ccc3ccccc3c2)OC1(C)C.Clc1nc(-n2c3ccccc3c3c4sc5ccccc5c4c4ccccc4c32)c2c(n1)oc1ccccc12.c1ccc2cc(-c3nc(-n4c5ccccc5c5c6sc7ccccc7c6c6ccccc6c54)c4c(n3)oc3ccccc34)ccc2c1. The number of fused-ring (bicyclic) bond motifs is 28. The second kappa shape index (κ2) is 23.1. The van der Waals surface area contributed by atoms with Crippen LogP contribution in [-0.4, -0.2) is 47.4 Å². The first-order valence-electron chi connectivity index (χ1n) is 34.9. The van der Waals surface area contributed by atoms with E-state index in [1.54, 1.807) is 0 Å². The second-order valence-electron chi connectivity index (χ2n) is 27.8. The highest BCUT2D eigenvalue weighted by Crippen LogP contribution is 2.52. The van der Waals surface area contributed by atoms with Gasteiger partial charge in [0.1, 0.15) is 11.2 Å². The van der Waals surface area contributed by atoms with Crippen molar-refractivity contribution in [2.45, 2.75) is 38.9 Å². The summed E-state index contributed by atoms with van der Waals surface area (Å²) in [4.78, 5) is 19.9. The summed E-state index contributed by atoms with van der Waals surface area (Å²) in [6.07, 6.45) is 0. The number of aromatic nitrogens is 6. The highest BCUT2D eigenvalue weighted by atomic mass is 35.5. The van der Waals surface area contributed by atoms with Gasteiger partial charge >= 0.3 is 7.12 Å². The van der Waals surface area contributed by atoms with Crippen LogP contribution in [0.5, 0.6) is 0 Å². The Kier molecular flexibility index (Phi) is 13.5. The summed E-state index contributed by atoms with van der Waals surface area (Å²) in [5, 5.41) is 23.6. The minimum atomic E-state index is -0.288. The molecular weight excluding hydrogens is 1340 g/mol. The number of furan rings is 2. The highest BCUT2D eigenvalue weighted by Gasteiger charge is 2.51. The van der Waals surface area contributed by atoms with Crippen molar-refractivity contribution < 1.29 is 18.1 Å². The Morgan fingerprint density at radius 1 is 0.346 bits per heavy atom. The van der Waals surface area contributed by atoms with Crippen molar-refractivity contribution in [2.24, 2.45) is 0 Å². The quantitative estimate of drug-likeness (QED) is 0.127.